The van der Waals surface area contributed by atoms with E-state index in [1.54, 1.807) is 25.2 Å². The largest absolute Gasteiger partial charge is 0.481 e. The molecule has 0 bridgehead atoms. The summed E-state index contributed by atoms with van der Waals surface area (Å²) >= 11 is 1.75. The molecule has 2 nitrogen and oxygen atoms in total. The number of hydrogen-bond acceptors (Lipinski definition) is 2. The number of carboxylic acids is 1. The lowest BCUT2D eigenvalue weighted by Gasteiger charge is -2.19. The normalized spacial score (nSPS) is 11.9. The molecule has 1 N–H and O–H groups in total. The fourth-order valence-corrected chi connectivity index (χ4v) is 2.92. The zero-order chi connectivity index (χ0) is 12.6. The van der Waals surface area contributed by atoms with Crippen molar-refractivity contribution in [2.75, 3.05) is 0 Å². The maximum Gasteiger partial charge on any atom is 0.309 e. The summed E-state index contributed by atoms with van der Waals surface area (Å²) in [5.74, 6) is -0.749. The van der Waals surface area contributed by atoms with Crippen LogP contribution in [0.2, 0.25) is 0 Å². The molecule has 0 radical (unpaired) electrons. The second kappa shape index (κ2) is 4.15. The summed E-state index contributed by atoms with van der Waals surface area (Å²) in [6.07, 6.45) is 0.565. The summed E-state index contributed by atoms with van der Waals surface area (Å²) in [5.41, 5.74) is 0.406. The average Bonchev–Trinajstić information content (AvgIpc) is 2.59. The van der Waals surface area contributed by atoms with Crippen molar-refractivity contribution in [3.8, 4) is 0 Å². The van der Waals surface area contributed by atoms with Gasteiger partial charge >= 0.3 is 5.97 Å². The minimum atomic E-state index is -0.749. The standard InChI is InChI=1S/C14H16O2S/c1-9-7-11-10(5-4-6-12(11)17-9)8-14(2,3)13(15)16/h4-7H,8H2,1-3H3,(H,15,16). The van der Waals surface area contributed by atoms with Crippen molar-refractivity contribution in [1.29, 1.82) is 0 Å². The van der Waals surface area contributed by atoms with Gasteiger partial charge in [0.25, 0.3) is 0 Å². The van der Waals surface area contributed by atoms with Gasteiger partial charge in [0.2, 0.25) is 0 Å². The number of hydrogen-bond donors (Lipinski definition) is 1. The van der Waals surface area contributed by atoms with Gasteiger partial charge < -0.3 is 5.11 Å². The molecule has 17 heavy (non-hydrogen) atoms. The molecular formula is C14H16O2S. The number of carboxylic acid groups (broad SMARTS) is 1. The second-order valence-electron chi connectivity index (χ2n) is 5.05. The molecule has 0 saturated heterocycles. The van der Waals surface area contributed by atoms with Crippen LogP contribution in [-0.4, -0.2) is 11.1 Å². The molecule has 0 unspecified atom stereocenters. The fourth-order valence-electron chi connectivity index (χ4n) is 1.95. The van der Waals surface area contributed by atoms with Crippen LogP contribution in [0.5, 0.6) is 0 Å². The van der Waals surface area contributed by atoms with Crippen LogP contribution < -0.4 is 0 Å². The summed E-state index contributed by atoms with van der Waals surface area (Å²) in [5, 5.41) is 10.4. The molecule has 0 aliphatic rings. The molecule has 0 amide bonds. The summed E-state index contributed by atoms with van der Waals surface area (Å²) in [7, 11) is 0. The molecule has 0 atom stereocenters. The number of fused-ring (bicyclic) bond motifs is 1. The van der Waals surface area contributed by atoms with Crippen LogP contribution in [0, 0.1) is 12.3 Å². The Balaban J connectivity index is 2.46. The van der Waals surface area contributed by atoms with Crippen molar-refractivity contribution in [3.63, 3.8) is 0 Å². The van der Waals surface area contributed by atoms with E-state index in [2.05, 4.69) is 19.1 Å². The van der Waals surface area contributed by atoms with Crippen LogP contribution in [0.4, 0.5) is 0 Å². The van der Waals surface area contributed by atoms with E-state index >= 15 is 0 Å². The van der Waals surface area contributed by atoms with Gasteiger partial charge in [0, 0.05) is 9.58 Å². The Kier molecular flexibility index (Phi) is 2.96. The SMILES string of the molecule is Cc1cc2c(CC(C)(C)C(=O)O)cccc2s1. The predicted molar refractivity (Wildman–Crippen MR) is 71.7 cm³/mol. The van der Waals surface area contributed by atoms with E-state index in [-0.39, 0.29) is 0 Å². The number of benzene rings is 1. The van der Waals surface area contributed by atoms with Crippen LogP contribution in [0.25, 0.3) is 10.1 Å². The van der Waals surface area contributed by atoms with E-state index in [4.69, 9.17) is 0 Å². The van der Waals surface area contributed by atoms with Crippen LogP contribution in [0.15, 0.2) is 24.3 Å². The molecule has 3 heteroatoms. The third-order valence-corrected chi connectivity index (χ3v) is 4.00. The Morgan fingerprint density at radius 2 is 2.12 bits per heavy atom. The van der Waals surface area contributed by atoms with Gasteiger partial charge in [-0.15, -0.1) is 11.3 Å². The van der Waals surface area contributed by atoms with Gasteiger partial charge in [0.15, 0.2) is 0 Å². The summed E-state index contributed by atoms with van der Waals surface area (Å²) in [6.45, 7) is 5.62. The Hall–Kier alpha value is -1.35. The number of carbonyl (C=O) groups is 1. The molecule has 2 aromatic rings. The molecule has 2 rings (SSSR count). The molecule has 0 spiro atoms. The third-order valence-electron chi connectivity index (χ3n) is 2.99. The summed E-state index contributed by atoms with van der Waals surface area (Å²) < 4.78 is 1.24. The first-order valence-electron chi connectivity index (χ1n) is 5.61. The first-order valence-corrected chi connectivity index (χ1v) is 6.43. The van der Waals surface area contributed by atoms with E-state index < -0.39 is 11.4 Å². The zero-order valence-electron chi connectivity index (χ0n) is 10.3. The summed E-state index contributed by atoms with van der Waals surface area (Å²) in [4.78, 5) is 12.4. The Bertz CT molecular complexity index is 567. The highest BCUT2D eigenvalue weighted by atomic mass is 32.1. The van der Waals surface area contributed by atoms with Gasteiger partial charge in [-0.1, -0.05) is 12.1 Å². The number of aliphatic carboxylic acids is 1. The van der Waals surface area contributed by atoms with Crippen LogP contribution in [-0.2, 0) is 11.2 Å². The first-order chi connectivity index (χ1) is 7.90. The summed E-state index contributed by atoms with van der Waals surface area (Å²) in [6, 6.07) is 8.27. The maximum absolute atomic E-state index is 11.2. The van der Waals surface area contributed by atoms with Gasteiger partial charge in [0.1, 0.15) is 0 Å². The number of thiophene rings is 1. The molecular weight excluding hydrogens is 232 g/mol. The van der Waals surface area contributed by atoms with Crippen molar-refractivity contribution in [2.45, 2.75) is 27.2 Å². The lowest BCUT2D eigenvalue weighted by Crippen LogP contribution is -2.26. The predicted octanol–water partition coefficient (Wildman–Crippen LogP) is 3.86. The molecule has 0 saturated carbocycles. The van der Waals surface area contributed by atoms with Crippen molar-refractivity contribution < 1.29 is 9.90 Å². The van der Waals surface area contributed by atoms with E-state index in [1.807, 2.05) is 12.1 Å². The fraction of sp³-hybridized carbons (Fsp3) is 0.357. The lowest BCUT2D eigenvalue weighted by molar-refractivity contribution is -0.146. The lowest BCUT2D eigenvalue weighted by atomic mass is 9.85. The van der Waals surface area contributed by atoms with Crippen LogP contribution in [0.3, 0.4) is 0 Å². The van der Waals surface area contributed by atoms with Crippen molar-refractivity contribution in [3.05, 3.63) is 34.7 Å². The van der Waals surface area contributed by atoms with Gasteiger partial charge in [-0.05, 0) is 50.3 Å². The van der Waals surface area contributed by atoms with Gasteiger partial charge in [-0.3, -0.25) is 4.79 Å². The highest BCUT2D eigenvalue weighted by molar-refractivity contribution is 7.19. The minimum absolute atomic E-state index is 0.565. The molecule has 1 heterocycles. The zero-order valence-corrected chi connectivity index (χ0v) is 11.1. The quantitative estimate of drug-likeness (QED) is 0.895. The molecule has 1 aromatic heterocycles. The van der Waals surface area contributed by atoms with Crippen molar-refractivity contribution in [2.24, 2.45) is 5.41 Å². The van der Waals surface area contributed by atoms with Crippen molar-refractivity contribution >= 4 is 27.4 Å². The Labute approximate surface area is 105 Å². The molecule has 1 aromatic carbocycles. The Morgan fingerprint density at radius 1 is 1.41 bits per heavy atom. The molecule has 90 valence electrons. The molecule has 0 fully saturated rings. The van der Waals surface area contributed by atoms with Crippen LogP contribution in [0.1, 0.15) is 24.3 Å². The highest BCUT2D eigenvalue weighted by Gasteiger charge is 2.28. The number of rotatable bonds is 3. The van der Waals surface area contributed by atoms with Gasteiger partial charge in [-0.25, -0.2) is 0 Å². The second-order valence-corrected chi connectivity index (χ2v) is 6.34. The minimum Gasteiger partial charge on any atom is -0.481 e. The van der Waals surface area contributed by atoms with Crippen LogP contribution >= 0.6 is 11.3 Å². The highest BCUT2D eigenvalue weighted by Crippen LogP contribution is 2.31. The average molecular weight is 248 g/mol. The number of aryl methyl sites for hydroxylation is 1. The van der Waals surface area contributed by atoms with E-state index in [9.17, 15) is 9.90 Å². The van der Waals surface area contributed by atoms with E-state index in [0.29, 0.717) is 6.42 Å². The van der Waals surface area contributed by atoms with Gasteiger partial charge in [-0.2, -0.15) is 0 Å². The van der Waals surface area contributed by atoms with Crippen molar-refractivity contribution in [1.82, 2.24) is 0 Å². The first kappa shape index (κ1) is 12.1. The molecule has 0 aliphatic heterocycles. The van der Waals surface area contributed by atoms with E-state index in [1.165, 1.54) is 15.0 Å². The Morgan fingerprint density at radius 3 is 2.76 bits per heavy atom. The maximum atomic E-state index is 11.2. The third kappa shape index (κ3) is 2.34. The monoisotopic (exact) mass is 248 g/mol. The van der Waals surface area contributed by atoms with Gasteiger partial charge in [0.05, 0.1) is 5.41 Å². The molecule has 0 aliphatic carbocycles. The van der Waals surface area contributed by atoms with E-state index in [0.717, 1.165) is 5.56 Å². The smallest absolute Gasteiger partial charge is 0.309 e. The topological polar surface area (TPSA) is 37.3 Å².